The summed E-state index contributed by atoms with van der Waals surface area (Å²) in [5, 5.41) is 10.6. The number of aromatic nitrogens is 4. The van der Waals surface area contributed by atoms with Crippen LogP contribution < -0.4 is 5.56 Å². The molecule has 140 valence electrons. The summed E-state index contributed by atoms with van der Waals surface area (Å²) < 4.78 is 6.66. The quantitative estimate of drug-likeness (QED) is 0.734. The van der Waals surface area contributed by atoms with E-state index in [1.165, 1.54) is 11.8 Å². The van der Waals surface area contributed by atoms with Crippen molar-refractivity contribution in [2.45, 2.75) is 25.0 Å². The van der Waals surface area contributed by atoms with Crippen LogP contribution >= 0.6 is 11.8 Å². The van der Waals surface area contributed by atoms with Crippen molar-refractivity contribution in [1.29, 1.82) is 0 Å². The normalized spacial score (nSPS) is 17.6. The fourth-order valence-electron chi connectivity index (χ4n) is 2.92. The van der Waals surface area contributed by atoms with Crippen molar-refractivity contribution < 1.29 is 14.1 Å². The van der Waals surface area contributed by atoms with Crippen LogP contribution in [0.15, 0.2) is 20.8 Å². The van der Waals surface area contributed by atoms with Gasteiger partial charge in [0.25, 0.3) is 11.5 Å². The van der Waals surface area contributed by atoms with E-state index in [4.69, 9.17) is 4.52 Å². The molecule has 0 saturated carbocycles. The predicted octanol–water partition coefficient (Wildman–Crippen LogP) is -0.130. The molecule has 1 N–H and O–H groups in total. The van der Waals surface area contributed by atoms with E-state index in [1.54, 1.807) is 27.6 Å². The Kier molecular flexibility index (Phi) is 5.16. The topological polar surface area (TPSA) is 117 Å². The van der Waals surface area contributed by atoms with Crippen LogP contribution in [0.5, 0.6) is 0 Å². The predicted molar refractivity (Wildman–Crippen MR) is 92.9 cm³/mol. The Bertz CT molecular complexity index is 872. The van der Waals surface area contributed by atoms with E-state index in [-0.39, 0.29) is 34.9 Å². The van der Waals surface area contributed by atoms with E-state index in [2.05, 4.69) is 15.4 Å². The van der Waals surface area contributed by atoms with Gasteiger partial charge in [-0.3, -0.25) is 14.4 Å². The first-order valence-corrected chi connectivity index (χ1v) is 9.10. The van der Waals surface area contributed by atoms with Gasteiger partial charge in [0.2, 0.25) is 5.91 Å². The summed E-state index contributed by atoms with van der Waals surface area (Å²) in [5.74, 6) is 0.136. The third kappa shape index (κ3) is 3.52. The highest BCUT2D eigenvalue weighted by Gasteiger charge is 2.32. The summed E-state index contributed by atoms with van der Waals surface area (Å²) in [5.41, 5.74) is -0.506. The van der Waals surface area contributed by atoms with Gasteiger partial charge < -0.3 is 18.9 Å². The van der Waals surface area contributed by atoms with Crippen LogP contribution in [0.25, 0.3) is 0 Å². The number of hydrogen-bond donors (Lipinski definition) is 1. The van der Waals surface area contributed by atoms with Crippen LogP contribution in [-0.2, 0) is 11.8 Å². The van der Waals surface area contributed by atoms with Crippen molar-refractivity contribution in [3.05, 3.63) is 28.0 Å². The third-order valence-corrected chi connectivity index (χ3v) is 5.34. The largest absolute Gasteiger partial charge is 0.383 e. The minimum atomic E-state index is -0.529. The van der Waals surface area contributed by atoms with E-state index in [0.717, 1.165) is 0 Å². The Morgan fingerprint density at radius 1 is 1.42 bits per heavy atom. The highest BCUT2D eigenvalue weighted by Crippen LogP contribution is 2.18. The molecule has 0 radical (unpaired) electrons. The van der Waals surface area contributed by atoms with Crippen molar-refractivity contribution in [1.82, 2.24) is 29.7 Å². The fourth-order valence-corrected chi connectivity index (χ4v) is 3.69. The molecule has 0 aromatic carbocycles. The first kappa shape index (κ1) is 18.2. The van der Waals surface area contributed by atoms with Crippen LogP contribution in [-0.4, -0.2) is 73.0 Å². The first-order valence-electron chi connectivity index (χ1n) is 8.12. The van der Waals surface area contributed by atoms with Crippen molar-refractivity contribution in [2.75, 3.05) is 25.4 Å². The van der Waals surface area contributed by atoms with Gasteiger partial charge in [-0.2, -0.15) is 5.16 Å². The number of H-pyrrole nitrogens is 1. The zero-order valence-electron chi connectivity index (χ0n) is 14.8. The number of carbonyl (C=O) groups is 2. The van der Waals surface area contributed by atoms with Crippen LogP contribution in [0.4, 0.5) is 0 Å². The molecule has 1 aliphatic rings. The fraction of sp³-hybridized carbons (Fsp3) is 0.533. The second-order valence-corrected chi connectivity index (χ2v) is 7.11. The molecule has 1 unspecified atom stereocenters. The van der Waals surface area contributed by atoms with Crippen LogP contribution in [0.1, 0.15) is 23.0 Å². The molecule has 26 heavy (non-hydrogen) atoms. The molecule has 0 aliphatic carbocycles. The van der Waals surface area contributed by atoms with Crippen molar-refractivity contribution in [3.63, 3.8) is 0 Å². The van der Waals surface area contributed by atoms with Gasteiger partial charge in [-0.1, -0.05) is 11.8 Å². The first-order chi connectivity index (χ1) is 12.4. The Hall–Kier alpha value is -2.56. The molecule has 1 fully saturated rings. The summed E-state index contributed by atoms with van der Waals surface area (Å²) in [6.45, 7) is 4.60. The molecule has 0 spiro atoms. The Morgan fingerprint density at radius 2 is 2.19 bits per heavy atom. The molecule has 1 atom stereocenters. The Morgan fingerprint density at radius 3 is 2.77 bits per heavy atom. The summed E-state index contributed by atoms with van der Waals surface area (Å²) in [6.07, 6.45) is 1.58. The van der Waals surface area contributed by atoms with E-state index >= 15 is 0 Å². The molecule has 2 aromatic heterocycles. The Balaban J connectivity index is 1.59. The van der Waals surface area contributed by atoms with Gasteiger partial charge in [0.1, 0.15) is 17.7 Å². The van der Waals surface area contributed by atoms with Crippen molar-refractivity contribution in [3.8, 4) is 0 Å². The molecule has 2 amide bonds. The molecule has 3 heterocycles. The van der Waals surface area contributed by atoms with E-state index < -0.39 is 5.56 Å². The molecular weight excluding hydrogens is 360 g/mol. The summed E-state index contributed by atoms with van der Waals surface area (Å²) in [6, 6.07) is -0.147. The SMILES string of the molecule is Cc1o[nH]c(=O)c1C(=O)N1CCN(C(=O)CSc2nncn2C)C(C)C1. The van der Waals surface area contributed by atoms with Gasteiger partial charge in [0.15, 0.2) is 5.16 Å². The summed E-state index contributed by atoms with van der Waals surface area (Å²) in [7, 11) is 1.82. The van der Waals surface area contributed by atoms with E-state index in [0.29, 0.717) is 24.8 Å². The van der Waals surface area contributed by atoms with Gasteiger partial charge in [0, 0.05) is 32.7 Å². The number of hydrogen-bond acceptors (Lipinski definition) is 7. The van der Waals surface area contributed by atoms with Crippen molar-refractivity contribution in [2.24, 2.45) is 7.05 Å². The van der Waals surface area contributed by atoms with E-state index in [9.17, 15) is 14.4 Å². The number of aryl methyl sites for hydroxylation is 2. The third-order valence-electron chi connectivity index (χ3n) is 4.32. The standard InChI is InChI=1S/C15H20N6O4S/c1-9-6-20(14(24)12-10(2)25-18-13(12)23)4-5-21(9)11(22)7-26-15-17-16-8-19(15)3/h8-9H,4-7H2,1-3H3,(H,18,23). The second-order valence-electron chi connectivity index (χ2n) is 6.16. The number of nitrogens with one attached hydrogen (secondary N) is 1. The average molecular weight is 380 g/mol. The average Bonchev–Trinajstić information content (AvgIpc) is 3.17. The molecule has 3 rings (SSSR count). The summed E-state index contributed by atoms with van der Waals surface area (Å²) >= 11 is 1.33. The highest BCUT2D eigenvalue weighted by molar-refractivity contribution is 7.99. The second kappa shape index (κ2) is 7.36. The molecule has 10 nitrogen and oxygen atoms in total. The molecule has 1 saturated heterocycles. The van der Waals surface area contributed by atoms with Crippen molar-refractivity contribution >= 4 is 23.6 Å². The molecule has 1 aliphatic heterocycles. The molecule has 2 aromatic rings. The van der Waals surface area contributed by atoms with Crippen LogP contribution in [0.2, 0.25) is 0 Å². The van der Waals surface area contributed by atoms with Crippen LogP contribution in [0.3, 0.4) is 0 Å². The van der Waals surface area contributed by atoms with Gasteiger partial charge in [-0.15, -0.1) is 10.2 Å². The zero-order chi connectivity index (χ0) is 18.8. The van der Waals surface area contributed by atoms with Gasteiger partial charge >= 0.3 is 0 Å². The lowest BCUT2D eigenvalue weighted by Gasteiger charge is -2.39. The lowest BCUT2D eigenvalue weighted by Crippen LogP contribution is -2.56. The molecule has 0 bridgehead atoms. The minimum Gasteiger partial charge on any atom is -0.383 e. The maximum atomic E-state index is 12.6. The number of aromatic amines is 1. The molecular formula is C15H20N6O4S. The number of piperazine rings is 1. The van der Waals surface area contributed by atoms with Crippen LogP contribution in [0, 0.1) is 6.92 Å². The van der Waals surface area contributed by atoms with Gasteiger partial charge in [0.05, 0.1) is 5.75 Å². The number of amides is 2. The van der Waals surface area contributed by atoms with Gasteiger partial charge in [-0.25, -0.2) is 0 Å². The zero-order valence-corrected chi connectivity index (χ0v) is 15.6. The highest BCUT2D eigenvalue weighted by atomic mass is 32.2. The number of nitrogens with zero attached hydrogens (tertiary/aromatic N) is 5. The Labute approximate surface area is 153 Å². The maximum Gasteiger partial charge on any atom is 0.293 e. The monoisotopic (exact) mass is 380 g/mol. The van der Waals surface area contributed by atoms with E-state index in [1.807, 2.05) is 14.0 Å². The molecule has 11 heteroatoms. The minimum absolute atomic E-state index is 0.0186. The summed E-state index contributed by atoms with van der Waals surface area (Å²) in [4.78, 5) is 40.1. The lowest BCUT2D eigenvalue weighted by molar-refractivity contribution is -0.132. The lowest BCUT2D eigenvalue weighted by atomic mass is 10.1. The number of carbonyl (C=O) groups excluding carboxylic acids is 2. The smallest absolute Gasteiger partial charge is 0.293 e. The maximum absolute atomic E-state index is 12.6. The van der Waals surface area contributed by atoms with Gasteiger partial charge in [-0.05, 0) is 13.8 Å². The number of thioether (sulfide) groups is 1. The number of rotatable bonds is 4.